The highest BCUT2D eigenvalue weighted by Gasteiger charge is 2.13. The molecule has 2 rings (SSSR count). The van der Waals surface area contributed by atoms with Gasteiger partial charge < -0.3 is 5.73 Å². The summed E-state index contributed by atoms with van der Waals surface area (Å²) in [6.45, 7) is 3.18. The summed E-state index contributed by atoms with van der Waals surface area (Å²) in [7, 11) is 0. The molecule has 1 aliphatic heterocycles. The van der Waals surface area contributed by atoms with Gasteiger partial charge in [-0.05, 0) is 37.6 Å². The number of carbonyl (C=O) groups is 1. The highest BCUT2D eigenvalue weighted by Crippen LogP contribution is 2.21. The lowest BCUT2D eigenvalue weighted by molar-refractivity contribution is 0.100. The Morgan fingerprint density at radius 3 is 2.61 bits per heavy atom. The van der Waals surface area contributed by atoms with E-state index in [9.17, 15) is 4.79 Å². The molecule has 2 N–H and O–H groups in total. The molecule has 18 heavy (non-hydrogen) atoms. The maximum Gasteiger partial charge on any atom is 0.176 e. The maximum absolute atomic E-state index is 11.5. The van der Waals surface area contributed by atoms with Crippen LogP contribution in [0.15, 0.2) is 18.2 Å². The van der Waals surface area contributed by atoms with Crippen LogP contribution in [0.4, 0.5) is 0 Å². The Labute approximate surface area is 113 Å². The monoisotopic (exact) mass is 266 g/mol. The molecule has 0 saturated carbocycles. The van der Waals surface area contributed by atoms with Crippen LogP contribution < -0.4 is 5.73 Å². The summed E-state index contributed by atoms with van der Waals surface area (Å²) in [6.07, 6.45) is 3.86. The molecule has 1 heterocycles. The van der Waals surface area contributed by atoms with Crippen LogP contribution in [0.5, 0.6) is 0 Å². The van der Waals surface area contributed by atoms with Crippen molar-refractivity contribution in [1.82, 2.24) is 4.90 Å². The third kappa shape index (κ3) is 3.31. The molecule has 0 bridgehead atoms. The lowest BCUT2D eigenvalue weighted by Crippen LogP contribution is -2.29. The Morgan fingerprint density at radius 1 is 1.28 bits per heavy atom. The summed E-state index contributed by atoms with van der Waals surface area (Å²) in [5, 5.41) is 0.667. The van der Waals surface area contributed by atoms with Gasteiger partial charge in [-0.3, -0.25) is 9.69 Å². The summed E-state index contributed by atoms with van der Waals surface area (Å²) in [4.78, 5) is 13.9. The number of rotatable bonds is 4. The maximum atomic E-state index is 11.5. The summed E-state index contributed by atoms with van der Waals surface area (Å²) in [5.74, 6) is -0.0681. The summed E-state index contributed by atoms with van der Waals surface area (Å²) < 4.78 is 0. The van der Waals surface area contributed by atoms with Crippen LogP contribution in [0.25, 0.3) is 0 Å². The lowest BCUT2D eigenvalue weighted by atomic mass is 10.1. The molecular weight excluding hydrogens is 248 g/mol. The zero-order valence-electron chi connectivity index (χ0n) is 10.5. The molecule has 3 nitrogen and oxygen atoms in total. The van der Waals surface area contributed by atoms with Crippen LogP contribution in [0.2, 0.25) is 5.02 Å². The zero-order valence-corrected chi connectivity index (χ0v) is 11.2. The molecule has 0 amide bonds. The minimum absolute atomic E-state index is 0.0296. The van der Waals surface area contributed by atoms with E-state index in [1.54, 1.807) is 6.07 Å². The van der Waals surface area contributed by atoms with Crippen molar-refractivity contribution in [2.24, 2.45) is 5.73 Å². The van der Waals surface area contributed by atoms with E-state index >= 15 is 0 Å². The number of hydrogen-bond donors (Lipinski definition) is 1. The predicted molar refractivity (Wildman–Crippen MR) is 74.0 cm³/mol. The molecule has 1 saturated heterocycles. The van der Waals surface area contributed by atoms with Gasteiger partial charge in [0.15, 0.2) is 5.78 Å². The molecule has 0 atom stereocenters. The van der Waals surface area contributed by atoms with E-state index in [2.05, 4.69) is 4.90 Å². The molecule has 98 valence electrons. The predicted octanol–water partition coefficient (Wildman–Crippen LogP) is 2.47. The van der Waals surface area contributed by atoms with Gasteiger partial charge in [0.1, 0.15) is 0 Å². The summed E-state index contributed by atoms with van der Waals surface area (Å²) in [6, 6.07) is 5.50. The number of benzene rings is 1. The fourth-order valence-electron chi connectivity index (χ4n) is 2.33. The summed E-state index contributed by atoms with van der Waals surface area (Å²) >= 11 is 6.23. The molecule has 0 aromatic heterocycles. The van der Waals surface area contributed by atoms with Crippen LogP contribution in [0, 0.1) is 0 Å². The fourth-order valence-corrected chi connectivity index (χ4v) is 2.57. The molecule has 1 aromatic rings. The molecule has 1 aromatic carbocycles. The first-order chi connectivity index (χ1) is 8.70. The number of halogens is 1. The number of hydrogen-bond acceptors (Lipinski definition) is 3. The molecule has 4 heteroatoms. The van der Waals surface area contributed by atoms with Gasteiger partial charge in [0, 0.05) is 17.1 Å². The average molecular weight is 267 g/mol. The number of Topliss-reactive ketones (excluding diaryl/α,β-unsaturated/α-hetero) is 1. The molecule has 0 unspecified atom stereocenters. The first-order valence-corrected chi connectivity index (χ1v) is 6.82. The molecule has 0 spiro atoms. The van der Waals surface area contributed by atoms with Crippen LogP contribution in [0.3, 0.4) is 0 Å². The molecule has 0 aliphatic carbocycles. The van der Waals surface area contributed by atoms with Gasteiger partial charge in [-0.15, -0.1) is 0 Å². The SMILES string of the molecule is NCC(=O)c1ccc(CN2CCCCC2)c(Cl)c1. The quantitative estimate of drug-likeness (QED) is 0.852. The Morgan fingerprint density at radius 2 is 2.00 bits per heavy atom. The van der Waals surface area contributed by atoms with E-state index in [1.165, 1.54) is 19.3 Å². The van der Waals surface area contributed by atoms with Crippen molar-refractivity contribution >= 4 is 17.4 Å². The first-order valence-electron chi connectivity index (χ1n) is 6.45. The molecule has 1 aliphatic rings. The van der Waals surface area contributed by atoms with Crippen LogP contribution in [-0.4, -0.2) is 30.3 Å². The Bertz CT molecular complexity index is 428. The van der Waals surface area contributed by atoms with E-state index in [0.717, 1.165) is 25.2 Å². The molecular formula is C14H19ClN2O. The number of piperidine rings is 1. The van der Waals surface area contributed by atoms with E-state index in [-0.39, 0.29) is 12.3 Å². The number of likely N-dealkylation sites (tertiary alicyclic amines) is 1. The van der Waals surface area contributed by atoms with Gasteiger partial charge >= 0.3 is 0 Å². The van der Waals surface area contributed by atoms with Crippen molar-refractivity contribution in [2.75, 3.05) is 19.6 Å². The van der Waals surface area contributed by atoms with Crippen LogP contribution >= 0.6 is 11.6 Å². The number of ketones is 1. The molecule has 0 radical (unpaired) electrons. The second-order valence-corrected chi connectivity index (χ2v) is 5.18. The van der Waals surface area contributed by atoms with E-state index in [0.29, 0.717) is 10.6 Å². The average Bonchev–Trinajstić information content (AvgIpc) is 2.41. The Balaban J connectivity index is 2.07. The zero-order chi connectivity index (χ0) is 13.0. The second-order valence-electron chi connectivity index (χ2n) is 4.77. The first kappa shape index (κ1) is 13.5. The van der Waals surface area contributed by atoms with Crippen molar-refractivity contribution in [3.05, 3.63) is 34.3 Å². The third-order valence-electron chi connectivity index (χ3n) is 3.40. The minimum Gasteiger partial charge on any atom is -0.324 e. The molecule has 1 fully saturated rings. The van der Waals surface area contributed by atoms with Crippen molar-refractivity contribution in [3.8, 4) is 0 Å². The van der Waals surface area contributed by atoms with Crippen molar-refractivity contribution < 1.29 is 4.79 Å². The van der Waals surface area contributed by atoms with Gasteiger partial charge in [-0.2, -0.15) is 0 Å². The van der Waals surface area contributed by atoms with E-state index in [4.69, 9.17) is 17.3 Å². The highest BCUT2D eigenvalue weighted by atomic mass is 35.5. The van der Waals surface area contributed by atoms with Gasteiger partial charge in [-0.1, -0.05) is 30.2 Å². The summed E-state index contributed by atoms with van der Waals surface area (Å²) in [5.41, 5.74) is 7.03. The van der Waals surface area contributed by atoms with E-state index < -0.39 is 0 Å². The number of nitrogens with two attached hydrogens (primary N) is 1. The second kappa shape index (κ2) is 6.32. The number of carbonyl (C=O) groups excluding carboxylic acids is 1. The largest absolute Gasteiger partial charge is 0.324 e. The normalized spacial score (nSPS) is 16.8. The standard InChI is InChI=1S/C14H19ClN2O/c15-13-8-11(14(18)9-16)4-5-12(13)10-17-6-2-1-3-7-17/h4-5,8H,1-3,6-7,9-10,16H2. The lowest BCUT2D eigenvalue weighted by Gasteiger charge is -2.26. The van der Waals surface area contributed by atoms with Crippen molar-refractivity contribution in [3.63, 3.8) is 0 Å². The fraction of sp³-hybridized carbons (Fsp3) is 0.500. The van der Waals surface area contributed by atoms with E-state index in [1.807, 2.05) is 12.1 Å². The Kier molecular flexibility index (Phi) is 4.75. The van der Waals surface area contributed by atoms with Crippen LogP contribution in [-0.2, 0) is 6.54 Å². The van der Waals surface area contributed by atoms with Gasteiger partial charge in [0.2, 0.25) is 0 Å². The highest BCUT2D eigenvalue weighted by molar-refractivity contribution is 6.31. The van der Waals surface area contributed by atoms with Crippen molar-refractivity contribution in [2.45, 2.75) is 25.8 Å². The van der Waals surface area contributed by atoms with Gasteiger partial charge in [0.05, 0.1) is 6.54 Å². The third-order valence-corrected chi connectivity index (χ3v) is 3.75. The number of nitrogens with zero attached hydrogens (tertiary/aromatic N) is 1. The van der Waals surface area contributed by atoms with Crippen molar-refractivity contribution in [1.29, 1.82) is 0 Å². The minimum atomic E-state index is -0.0681. The van der Waals surface area contributed by atoms with Gasteiger partial charge in [0.25, 0.3) is 0 Å². The van der Waals surface area contributed by atoms with Gasteiger partial charge in [-0.25, -0.2) is 0 Å². The smallest absolute Gasteiger partial charge is 0.176 e. The van der Waals surface area contributed by atoms with Crippen LogP contribution in [0.1, 0.15) is 35.2 Å². The topological polar surface area (TPSA) is 46.3 Å². The Hall–Kier alpha value is -0.900.